The van der Waals surface area contributed by atoms with E-state index in [2.05, 4.69) is 5.32 Å². The predicted octanol–water partition coefficient (Wildman–Crippen LogP) is 1.68. The molecule has 1 rings (SSSR count). The number of nitrogens with two attached hydrogens (primary N) is 1. The second kappa shape index (κ2) is 6.23. The molecule has 0 bridgehead atoms. The molecule has 4 heteroatoms. The van der Waals surface area contributed by atoms with Gasteiger partial charge in [0.1, 0.15) is 5.82 Å². The van der Waals surface area contributed by atoms with Gasteiger partial charge in [-0.1, -0.05) is 13.0 Å². The fourth-order valence-corrected chi connectivity index (χ4v) is 1.48. The van der Waals surface area contributed by atoms with Gasteiger partial charge in [-0.15, -0.1) is 0 Å². The monoisotopic (exact) mass is 224 g/mol. The van der Waals surface area contributed by atoms with Gasteiger partial charge in [-0.05, 0) is 37.6 Å². The van der Waals surface area contributed by atoms with Gasteiger partial charge < -0.3 is 11.1 Å². The first-order valence-corrected chi connectivity index (χ1v) is 5.44. The number of rotatable bonds is 5. The Labute approximate surface area is 94.8 Å². The molecule has 0 aliphatic heterocycles. The molecule has 1 atom stereocenters. The van der Waals surface area contributed by atoms with E-state index in [1.54, 1.807) is 6.07 Å². The summed E-state index contributed by atoms with van der Waals surface area (Å²) in [5.41, 5.74) is 5.78. The quantitative estimate of drug-likeness (QED) is 0.799. The SMILES string of the molecule is CCC(CCN)NC(=O)c1cccc(F)c1. The Morgan fingerprint density at radius 1 is 1.56 bits per heavy atom. The Kier molecular flexibility index (Phi) is 4.92. The van der Waals surface area contributed by atoms with Crippen LogP contribution in [-0.2, 0) is 0 Å². The van der Waals surface area contributed by atoms with Crippen LogP contribution in [0.5, 0.6) is 0 Å². The van der Waals surface area contributed by atoms with Crippen LogP contribution in [0.15, 0.2) is 24.3 Å². The fourth-order valence-electron chi connectivity index (χ4n) is 1.48. The molecule has 1 unspecified atom stereocenters. The highest BCUT2D eigenvalue weighted by Gasteiger charge is 2.11. The molecule has 0 aliphatic carbocycles. The number of halogens is 1. The summed E-state index contributed by atoms with van der Waals surface area (Å²) in [6.45, 7) is 2.51. The maximum Gasteiger partial charge on any atom is 0.251 e. The lowest BCUT2D eigenvalue weighted by molar-refractivity contribution is 0.0934. The summed E-state index contributed by atoms with van der Waals surface area (Å²) >= 11 is 0. The number of hydrogen-bond donors (Lipinski definition) is 2. The van der Waals surface area contributed by atoms with Crippen LogP contribution in [0.4, 0.5) is 4.39 Å². The molecule has 0 fully saturated rings. The summed E-state index contributed by atoms with van der Waals surface area (Å²) in [6.07, 6.45) is 1.55. The van der Waals surface area contributed by atoms with Crippen LogP contribution in [0.1, 0.15) is 30.1 Å². The smallest absolute Gasteiger partial charge is 0.251 e. The summed E-state index contributed by atoms with van der Waals surface area (Å²) in [5, 5.41) is 2.83. The number of carbonyl (C=O) groups excluding carboxylic acids is 1. The van der Waals surface area contributed by atoms with E-state index >= 15 is 0 Å². The molecule has 3 N–H and O–H groups in total. The highest BCUT2D eigenvalue weighted by Crippen LogP contribution is 2.05. The molecular formula is C12H17FN2O. The van der Waals surface area contributed by atoms with Crippen LogP contribution in [0, 0.1) is 5.82 Å². The highest BCUT2D eigenvalue weighted by molar-refractivity contribution is 5.94. The Morgan fingerprint density at radius 3 is 2.88 bits per heavy atom. The number of amides is 1. The van der Waals surface area contributed by atoms with Gasteiger partial charge in [-0.25, -0.2) is 4.39 Å². The average molecular weight is 224 g/mol. The lowest BCUT2D eigenvalue weighted by atomic mass is 10.1. The maximum atomic E-state index is 12.9. The molecule has 0 saturated heterocycles. The molecule has 16 heavy (non-hydrogen) atoms. The summed E-state index contributed by atoms with van der Waals surface area (Å²) in [5.74, 6) is -0.653. The summed E-state index contributed by atoms with van der Waals surface area (Å²) in [4.78, 5) is 11.7. The first-order chi connectivity index (χ1) is 7.67. The van der Waals surface area contributed by atoms with E-state index in [1.165, 1.54) is 18.2 Å². The zero-order chi connectivity index (χ0) is 12.0. The van der Waals surface area contributed by atoms with Crippen molar-refractivity contribution >= 4 is 5.91 Å². The number of benzene rings is 1. The maximum absolute atomic E-state index is 12.9. The molecule has 0 aliphatic rings. The lowest BCUT2D eigenvalue weighted by Gasteiger charge is -2.15. The van der Waals surface area contributed by atoms with Crippen molar-refractivity contribution in [2.75, 3.05) is 6.54 Å². The summed E-state index contributed by atoms with van der Waals surface area (Å²) in [7, 11) is 0. The van der Waals surface area contributed by atoms with Gasteiger partial charge in [0.05, 0.1) is 0 Å². The van der Waals surface area contributed by atoms with Crippen molar-refractivity contribution < 1.29 is 9.18 Å². The van der Waals surface area contributed by atoms with Crippen molar-refractivity contribution in [3.63, 3.8) is 0 Å². The van der Waals surface area contributed by atoms with Gasteiger partial charge >= 0.3 is 0 Å². The second-order valence-corrected chi connectivity index (χ2v) is 3.67. The Hall–Kier alpha value is -1.42. The molecule has 0 radical (unpaired) electrons. The topological polar surface area (TPSA) is 55.1 Å². The largest absolute Gasteiger partial charge is 0.349 e. The minimum absolute atomic E-state index is 0.0563. The van der Waals surface area contributed by atoms with E-state index in [9.17, 15) is 9.18 Å². The molecule has 3 nitrogen and oxygen atoms in total. The van der Waals surface area contributed by atoms with Crippen molar-refractivity contribution in [3.8, 4) is 0 Å². The molecule has 1 aromatic carbocycles. The number of hydrogen-bond acceptors (Lipinski definition) is 2. The second-order valence-electron chi connectivity index (χ2n) is 3.67. The van der Waals surface area contributed by atoms with E-state index < -0.39 is 5.82 Å². The zero-order valence-electron chi connectivity index (χ0n) is 9.37. The number of nitrogens with one attached hydrogen (secondary N) is 1. The van der Waals surface area contributed by atoms with Crippen LogP contribution in [0.3, 0.4) is 0 Å². The first kappa shape index (κ1) is 12.6. The standard InChI is InChI=1S/C12H17FN2O/c1-2-11(6-7-14)15-12(16)9-4-3-5-10(13)8-9/h3-5,8,11H,2,6-7,14H2,1H3,(H,15,16). The van der Waals surface area contributed by atoms with Crippen molar-refractivity contribution in [2.24, 2.45) is 5.73 Å². The van der Waals surface area contributed by atoms with E-state index in [-0.39, 0.29) is 11.9 Å². The summed E-state index contributed by atoms with van der Waals surface area (Å²) < 4.78 is 12.9. The van der Waals surface area contributed by atoms with Crippen molar-refractivity contribution in [3.05, 3.63) is 35.6 Å². The van der Waals surface area contributed by atoms with Crippen LogP contribution >= 0.6 is 0 Å². The first-order valence-electron chi connectivity index (χ1n) is 5.44. The van der Waals surface area contributed by atoms with Crippen LogP contribution in [0.25, 0.3) is 0 Å². The van der Waals surface area contributed by atoms with Crippen molar-refractivity contribution in [1.29, 1.82) is 0 Å². The van der Waals surface area contributed by atoms with Gasteiger partial charge in [0.15, 0.2) is 0 Å². The third kappa shape index (κ3) is 3.62. The van der Waals surface area contributed by atoms with E-state index in [0.717, 1.165) is 12.8 Å². The van der Waals surface area contributed by atoms with Gasteiger partial charge in [0, 0.05) is 11.6 Å². The predicted molar refractivity (Wildman–Crippen MR) is 61.6 cm³/mol. The third-order valence-electron chi connectivity index (χ3n) is 2.43. The normalized spacial score (nSPS) is 12.2. The van der Waals surface area contributed by atoms with Gasteiger partial charge in [-0.2, -0.15) is 0 Å². The highest BCUT2D eigenvalue weighted by atomic mass is 19.1. The minimum Gasteiger partial charge on any atom is -0.349 e. The van der Waals surface area contributed by atoms with Crippen molar-refractivity contribution in [2.45, 2.75) is 25.8 Å². The van der Waals surface area contributed by atoms with E-state index in [0.29, 0.717) is 12.1 Å². The zero-order valence-corrected chi connectivity index (χ0v) is 9.37. The molecule has 88 valence electrons. The molecule has 0 saturated carbocycles. The Balaban J connectivity index is 2.64. The van der Waals surface area contributed by atoms with Gasteiger partial charge in [0.25, 0.3) is 5.91 Å². The molecular weight excluding hydrogens is 207 g/mol. The number of carbonyl (C=O) groups is 1. The minimum atomic E-state index is -0.403. The van der Waals surface area contributed by atoms with Crippen molar-refractivity contribution in [1.82, 2.24) is 5.32 Å². The molecule has 0 aromatic heterocycles. The molecule has 1 aromatic rings. The van der Waals surface area contributed by atoms with E-state index in [1.807, 2.05) is 6.92 Å². The van der Waals surface area contributed by atoms with Crippen LogP contribution in [0.2, 0.25) is 0 Å². The Bertz CT molecular complexity index is 355. The van der Waals surface area contributed by atoms with E-state index in [4.69, 9.17) is 5.73 Å². The molecule has 1 amide bonds. The van der Waals surface area contributed by atoms with Gasteiger partial charge in [-0.3, -0.25) is 4.79 Å². The van der Waals surface area contributed by atoms with Crippen LogP contribution in [-0.4, -0.2) is 18.5 Å². The third-order valence-corrected chi connectivity index (χ3v) is 2.43. The Morgan fingerprint density at radius 2 is 2.31 bits per heavy atom. The average Bonchev–Trinajstić information content (AvgIpc) is 2.28. The van der Waals surface area contributed by atoms with Crippen LogP contribution < -0.4 is 11.1 Å². The lowest BCUT2D eigenvalue weighted by Crippen LogP contribution is -2.35. The molecule has 0 spiro atoms. The van der Waals surface area contributed by atoms with Gasteiger partial charge in [0.2, 0.25) is 0 Å². The molecule has 0 heterocycles. The summed E-state index contributed by atoms with van der Waals surface area (Å²) in [6, 6.07) is 5.71. The fraction of sp³-hybridized carbons (Fsp3) is 0.417.